The maximum Gasteiger partial charge on any atom is 0.0448 e. The van der Waals surface area contributed by atoms with Crippen LogP contribution in [0.1, 0.15) is 156 Å². The van der Waals surface area contributed by atoms with E-state index in [4.69, 9.17) is 11.5 Å². The molecule has 0 amide bonds. The number of unbranched alkanes of at least 4 members (excludes halogenated alkanes) is 16. The summed E-state index contributed by atoms with van der Waals surface area (Å²) in [5, 5.41) is 0. The van der Waals surface area contributed by atoms with Crippen LogP contribution in [0.4, 0.5) is 22.7 Å². The van der Waals surface area contributed by atoms with Crippen molar-refractivity contribution in [2.45, 2.75) is 156 Å². The maximum absolute atomic E-state index is 6.69. The number of anilines is 4. The molecule has 0 unspecified atom stereocenters. The van der Waals surface area contributed by atoms with Gasteiger partial charge in [0.25, 0.3) is 0 Å². The second kappa shape index (κ2) is 23.9. The summed E-state index contributed by atoms with van der Waals surface area (Å²) < 4.78 is 0. The Morgan fingerprint density at radius 2 is 0.864 bits per heavy atom. The molecule has 4 nitrogen and oxygen atoms in total. The molecule has 0 aliphatic carbocycles. The average Bonchev–Trinajstić information content (AvgIpc) is 3.03. The van der Waals surface area contributed by atoms with E-state index in [1.54, 1.807) is 0 Å². The number of hydrogen-bond donors (Lipinski definition) is 2. The Balaban J connectivity index is 2.42. The van der Waals surface area contributed by atoms with E-state index in [1.165, 1.54) is 145 Å². The van der Waals surface area contributed by atoms with E-state index in [9.17, 15) is 0 Å². The Morgan fingerprint density at radius 3 is 1.32 bits per heavy atom. The van der Waals surface area contributed by atoms with Crippen molar-refractivity contribution in [3.63, 3.8) is 0 Å². The molecule has 0 bridgehead atoms. The van der Waals surface area contributed by atoms with Crippen molar-refractivity contribution in [2.24, 2.45) is 0 Å². The summed E-state index contributed by atoms with van der Waals surface area (Å²) in [4.78, 5) is 5.33. The summed E-state index contributed by atoms with van der Waals surface area (Å²) in [6.07, 6.45) is 26.1. The minimum atomic E-state index is 0.778. The summed E-state index contributed by atoms with van der Waals surface area (Å²) in [5.74, 6) is 0. The quantitative estimate of drug-likeness (QED) is 0.0784. The van der Waals surface area contributed by atoms with Crippen molar-refractivity contribution in [2.75, 3.05) is 47.4 Å². The Morgan fingerprint density at radius 1 is 0.432 bits per heavy atom. The van der Waals surface area contributed by atoms with Gasteiger partial charge in [-0.05, 0) is 62.1 Å². The molecule has 2 rings (SSSR count). The predicted molar refractivity (Wildman–Crippen MR) is 200 cm³/mol. The molecular formula is C40H70N4. The number of nitrogen functional groups attached to an aromatic ring is 2. The first-order valence-electron chi connectivity index (χ1n) is 18.8. The van der Waals surface area contributed by atoms with Crippen LogP contribution in [0, 0.1) is 0 Å². The Kier molecular flexibility index (Phi) is 20.6. The van der Waals surface area contributed by atoms with Crippen LogP contribution in [0.5, 0.6) is 0 Å². The topological polar surface area (TPSA) is 58.5 Å². The number of nitrogens with zero attached hydrogens (tertiary/aromatic N) is 2. The third-order valence-corrected chi connectivity index (χ3v) is 9.18. The molecule has 0 spiro atoms. The molecule has 0 radical (unpaired) electrons. The first-order valence-corrected chi connectivity index (χ1v) is 18.8. The van der Waals surface area contributed by atoms with Crippen LogP contribution in [0.15, 0.2) is 36.4 Å². The SMILES string of the molecule is CCCCCCCN(CCCCCCC)c1ccc(N(CCCCCCC)CCCCCCC)c(-c2cc(N)ccc2N)c1. The summed E-state index contributed by atoms with van der Waals surface area (Å²) in [7, 11) is 0. The smallest absolute Gasteiger partial charge is 0.0448 e. The van der Waals surface area contributed by atoms with E-state index in [0.717, 1.165) is 43.1 Å². The molecule has 4 N–H and O–H groups in total. The second-order valence-electron chi connectivity index (χ2n) is 13.2. The van der Waals surface area contributed by atoms with Gasteiger partial charge in [-0.2, -0.15) is 0 Å². The molecule has 4 heteroatoms. The van der Waals surface area contributed by atoms with Crippen LogP contribution in [0.3, 0.4) is 0 Å². The average molecular weight is 607 g/mol. The van der Waals surface area contributed by atoms with Crippen LogP contribution in [-0.2, 0) is 0 Å². The van der Waals surface area contributed by atoms with Crippen molar-refractivity contribution in [3.8, 4) is 11.1 Å². The zero-order chi connectivity index (χ0) is 31.8. The number of rotatable bonds is 27. The van der Waals surface area contributed by atoms with Gasteiger partial charge in [0.05, 0.1) is 0 Å². The van der Waals surface area contributed by atoms with Crippen molar-refractivity contribution < 1.29 is 0 Å². The van der Waals surface area contributed by atoms with E-state index < -0.39 is 0 Å². The molecule has 2 aromatic rings. The van der Waals surface area contributed by atoms with E-state index in [2.05, 4.69) is 61.8 Å². The first kappa shape index (κ1) is 37.8. The lowest BCUT2D eigenvalue weighted by atomic mass is 9.98. The van der Waals surface area contributed by atoms with Crippen molar-refractivity contribution in [1.29, 1.82) is 0 Å². The summed E-state index contributed by atoms with van der Waals surface area (Å²) in [6.45, 7) is 13.6. The fraction of sp³-hybridized carbons (Fsp3) is 0.700. The van der Waals surface area contributed by atoms with Crippen LogP contribution in [0.2, 0.25) is 0 Å². The highest BCUT2D eigenvalue weighted by molar-refractivity contribution is 5.89. The predicted octanol–water partition coefficient (Wildman–Crippen LogP) is 12.0. The Hall–Kier alpha value is -2.36. The number of nitrogens with two attached hydrogens (primary N) is 2. The highest BCUT2D eigenvalue weighted by atomic mass is 15.1. The van der Waals surface area contributed by atoms with Gasteiger partial charge in [0.1, 0.15) is 0 Å². The van der Waals surface area contributed by atoms with Crippen LogP contribution >= 0.6 is 0 Å². The number of benzene rings is 2. The van der Waals surface area contributed by atoms with Gasteiger partial charge >= 0.3 is 0 Å². The van der Waals surface area contributed by atoms with Crippen LogP contribution in [-0.4, -0.2) is 26.2 Å². The molecule has 250 valence electrons. The summed E-state index contributed by atoms with van der Waals surface area (Å²) in [5.41, 5.74) is 19.6. The lowest BCUT2D eigenvalue weighted by Crippen LogP contribution is -2.28. The van der Waals surface area contributed by atoms with Gasteiger partial charge in [-0.25, -0.2) is 0 Å². The third kappa shape index (κ3) is 14.6. The van der Waals surface area contributed by atoms with E-state index in [1.807, 2.05) is 12.1 Å². The van der Waals surface area contributed by atoms with Gasteiger partial charge < -0.3 is 21.3 Å². The molecule has 0 heterocycles. The Labute approximate surface area is 273 Å². The standard InChI is InChI=1S/C40H70N4/c1-5-9-13-17-21-29-43(30-22-18-14-10-6-2)36-26-28-40(38(34-36)37-33-35(41)25-27-39(37)42)44(31-23-19-15-11-7-3)32-24-20-16-12-8-4/h25-28,33-34H,5-24,29-32,41-42H2,1-4H3. The highest BCUT2D eigenvalue weighted by Gasteiger charge is 2.18. The second-order valence-corrected chi connectivity index (χ2v) is 13.2. The number of hydrogen-bond acceptors (Lipinski definition) is 4. The van der Waals surface area contributed by atoms with E-state index >= 15 is 0 Å². The van der Waals surface area contributed by atoms with Gasteiger partial charge in [0.2, 0.25) is 0 Å². The third-order valence-electron chi connectivity index (χ3n) is 9.18. The summed E-state index contributed by atoms with van der Waals surface area (Å²) >= 11 is 0. The van der Waals surface area contributed by atoms with Crippen molar-refractivity contribution >= 4 is 22.7 Å². The van der Waals surface area contributed by atoms with Gasteiger partial charge in [-0.3, -0.25) is 0 Å². The fourth-order valence-electron chi connectivity index (χ4n) is 6.37. The van der Waals surface area contributed by atoms with Gasteiger partial charge in [-0.1, -0.05) is 130 Å². The molecule has 0 saturated heterocycles. The molecule has 44 heavy (non-hydrogen) atoms. The van der Waals surface area contributed by atoms with Crippen molar-refractivity contribution in [1.82, 2.24) is 0 Å². The molecule has 0 aliphatic heterocycles. The zero-order valence-corrected chi connectivity index (χ0v) is 29.5. The monoisotopic (exact) mass is 607 g/mol. The maximum atomic E-state index is 6.69. The molecule has 0 aromatic heterocycles. The lowest BCUT2D eigenvalue weighted by Gasteiger charge is -2.31. The first-order chi connectivity index (χ1) is 21.5. The van der Waals surface area contributed by atoms with Crippen molar-refractivity contribution in [3.05, 3.63) is 36.4 Å². The van der Waals surface area contributed by atoms with Gasteiger partial charge in [0.15, 0.2) is 0 Å². The molecule has 0 saturated carbocycles. The van der Waals surface area contributed by atoms with Crippen LogP contribution < -0.4 is 21.3 Å². The molecule has 0 aliphatic rings. The highest BCUT2D eigenvalue weighted by Crippen LogP contribution is 2.39. The molecule has 2 aromatic carbocycles. The van der Waals surface area contributed by atoms with Gasteiger partial charge in [-0.15, -0.1) is 0 Å². The minimum Gasteiger partial charge on any atom is -0.399 e. The zero-order valence-electron chi connectivity index (χ0n) is 29.5. The largest absolute Gasteiger partial charge is 0.399 e. The Bertz CT molecular complexity index is 959. The van der Waals surface area contributed by atoms with E-state index in [0.29, 0.717) is 0 Å². The minimum absolute atomic E-state index is 0.778. The molecular weight excluding hydrogens is 536 g/mol. The van der Waals surface area contributed by atoms with Crippen LogP contribution in [0.25, 0.3) is 11.1 Å². The lowest BCUT2D eigenvalue weighted by molar-refractivity contribution is 0.588. The molecule has 0 atom stereocenters. The van der Waals surface area contributed by atoms with Gasteiger partial charge in [0, 0.05) is 60.1 Å². The van der Waals surface area contributed by atoms with E-state index in [-0.39, 0.29) is 0 Å². The normalized spacial score (nSPS) is 11.3. The molecule has 0 fully saturated rings. The summed E-state index contributed by atoms with van der Waals surface area (Å²) in [6, 6.07) is 13.3. The fourth-order valence-corrected chi connectivity index (χ4v) is 6.37.